The number of hydrogen-bond acceptors (Lipinski definition) is 4. The maximum atomic E-state index is 12.9. The summed E-state index contributed by atoms with van der Waals surface area (Å²) in [6, 6.07) is 7.06. The van der Waals surface area contributed by atoms with Crippen molar-refractivity contribution in [2.24, 2.45) is 0 Å². The van der Waals surface area contributed by atoms with Gasteiger partial charge in [0.05, 0.1) is 25.6 Å². The third-order valence-corrected chi connectivity index (χ3v) is 4.36. The Morgan fingerprint density at radius 3 is 2.60 bits per heavy atom. The number of aromatic nitrogens is 2. The zero-order valence-electron chi connectivity index (χ0n) is 14.4. The van der Waals surface area contributed by atoms with Gasteiger partial charge in [-0.15, -0.1) is 0 Å². The van der Waals surface area contributed by atoms with Crippen LogP contribution >= 0.6 is 11.6 Å². The highest BCUT2D eigenvalue weighted by atomic mass is 35.5. The molecular weight excluding hydrogens is 342 g/mol. The van der Waals surface area contributed by atoms with Gasteiger partial charge in [-0.3, -0.25) is 9.20 Å². The lowest BCUT2D eigenvalue weighted by Crippen LogP contribution is -2.16. The normalized spacial score (nSPS) is 10.8. The molecule has 0 spiro atoms. The molecule has 1 aromatic carbocycles. The van der Waals surface area contributed by atoms with Gasteiger partial charge in [0.2, 0.25) is 0 Å². The topological polar surface area (TPSA) is 64.9 Å². The lowest BCUT2D eigenvalue weighted by Gasteiger charge is -2.12. The number of aryl methyl sites for hydroxylation is 2. The number of benzene rings is 1. The molecule has 0 atom stereocenters. The molecular formula is C18H18ClN3O3. The molecule has 130 valence electrons. The van der Waals surface area contributed by atoms with Crippen molar-refractivity contribution in [1.82, 2.24) is 9.38 Å². The van der Waals surface area contributed by atoms with Gasteiger partial charge in [0.15, 0.2) is 11.4 Å². The monoisotopic (exact) mass is 359 g/mol. The summed E-state index contributed by atoms with van der Waals surface area (Å²) in [5.41, 5.74) is 3.02. The van der Waals surface area contributed by atoms with E-state index in [1.165, 1.54) is 7.11 Å². The fourth-order valence-corrected chi connectivity index (χ4v) is 2.85. The van der Waals surface area contributed by atoms with Crippen molar-refractivity contribution in [1.29, 1.82) is 0 Å². The van der Waals surface area contributed by atoms with Crippen LogP contribution in [0.1, 0.15) is 21.7 Å². The summed E-state index contributed by atoms with van der Waals surface area (Å²) in [6.07, 6.45) is 1.77. The van der Waals surface area contributed by atoms with Gasteiger partial charge in [-0.05, 0) is 37.6 Å². The molecule has 0 aliphatic heterocycles. The summed E-state index contributed by atoms with van der Waals surface area (Å²) in [6.45, 7) is 3.65. The van der Waals surface area contributed by atoms with Crippen LogP contribution in [0.15, 0.2) is 30.5 Å². The minimum Gasteiger partial charge on any atom is -0.495 e. The van der Waals surface area contributed by atoms with Crippen molar-refractivity contribution in [2.45, 2.75) is 13.8 Å². The molecule has 0 saturated heterocycles. The van der Waals surface area contributed by atoms with E-state index in [9.17, 15) is 4.79 Å². The summed E-state index contributed by atoms with van der Waals surface area (Å²) in [4.78, 5) is 17.3. The number of halogens is 1. The van der Waals surface area contributed by atoms with Gasteiger partial charge in [-0.1, -0.05) is 11.6 Å². The van der Waals surface area contributed by atoms with Crippen molar-refractivity contribution >= 4 is 28.8 Å². The second kappa shape index (κ2) is 6.64. The van der Waals surface area contributed by atoms with E-state index in [1.54, 1.807) is 48.9 Å². The van der Waals surface area contributed by atoms with Crippen LogP contribution in [0.5, 0.6) is 11.5 Å². The molecule has 0 unspecified atom stereocenters. The first-order chi connectivity index (χ1) is 12.0. The summed E-state index contributed by atoms with van der Waals surface area (Å²) in [5.74, 6) is 0.802. The second-order valence-corrected chi connectivity index (χ2v) is 5.98. The van der Waals surface area contributed by atoms with E-state index in [0.717, 1.165) is 5.56 Å². The minimum absolute atomic E-state index is 0.293. The number of pyridine rings is 1. The number of methoxy groups -OCH3 is 2. The lowest BCUT2D eigenvalue weighted by molar-refractivity contribution is 0.102. The average molecular weight is 360 g/mol. The largest absolute Gasteiger partial charge is 0.495 e. The predicted molar refractivity (Wildman–Crippen MR) is 97.2 cm³/mol. The van der Waals surface area contributed by atoms with E-state index >= 15 is 0 Å². The predicted octanol–water partition coefficient (Wildman–Crippen LogP) is 3.87. The number of imidazole rings is 1. The second-order valence-electron chi connectivity index (χ2n) is 5.57. The van der Waals surface area contributed by atoms with Crippen LogP contribution in [0, 0.1) is 13.8 Å². The van der Waals surface area contributed by atoms with Gasteiger partial charge >= 0.3 is 0 Å². The summed E-state index contributed by atoms with van der Waals surface area (Å²) < 4.78 is 12.3. The smallest absolute Gasteiger partial charge is 0.274 e. The number of carbonyl (C=O) groups excluding carboxylic acids is 1. The molecule has 0 fully saturated rings. The van der Waals surface area contributed by atoms with Gasteiger partial charge in [-0.2, -0.15) is 0 Å². The van der Waals surface area contributed by atoms with Crippen molar-refractivity contribution in [2.75, 3.05) is 19.5 Å². The third kappa shape index (κ3) is 3.00. The Kier molecular flexibility index (Phi) is 4.55. The maximum absolute atomic E-state index is 12.9. The number of nitrogens with zero attached hydrogens (tertiary/aromatic N) is 2. The van der Waals surface area contributed by atoms with Crippen molar-refractivity contribution in [3.8, 4) is 11.5 Å². The van der Waals surface area contributed by atoms with E-state index in [2.05, 4.69) is 10.3 Å². The van der Waals surface area contributed by atoms with Crippen molar-refractivity contribution in [3.05, 3.63) is 52.4 Å². The molecule has 0 aliphatic carbocycles. The van der Waals surface area contributed by atoms with Crippen LogP contribution in [0.4, 0.5) is 5.69 Å². The molecule has 25 heavy (non-hydrogen) atoms. The zero-order chi connectivity index (χ0) is 18.1. The molecule has 2 heterocycles. The molecule has 2 aromatic heterocycles. The van der Waals surface area contributed by atoms with Crippen LogP contribution in [-0.2, 0) is 0 Å². The minimum atomic E-state index is -0.293. The SMILES string of the molecule is COc1cc(Cl)c(C)cc1NC(=O)c1c(C)nc2c(OC)cccn12. The molecule has 0 saturated carbocycles. The Hall–Kier alpha value is -2.73. The van der Waals surface area contributed by atoms with Crippen molar-refractivity contribution in [3.63, 3.8) is 0 Å². The van der Waals surface area contributed by atoms with Gasteiger partial charge in [0, 0.05) is 17.3 Å². The molecule has 1 amide bonds. The number of nitrogens with one attached hydrogen (secondary N) is 1. The lowest BCUT2D eigenvalue weighted by atomic mass is 10.2. The molecule has 0 bridgehead atoms. The van der Waals surface area contributed by atoms with Gasteiger partial charge in [0.25, 0.3) is 5.91 Å². The molecule has 1 N–H and O–H groups in total. The van der Waals surface area contributed by atoms with E-state index in [1.807, 2.05) is 6.92 Å². The molecule has 7 heteroatoms. The van der Waals surface area contributed by atoms with Crippen LogP contribution in [0.25, 0.3) is 5.65 Å². The van der Waals surface area contributed by atoms with Crippen LogP contribution in [0.2, 0.25) is 5.02 Å². The zero-order valence-corrected chi connectivity index (χ0v) is 15.1. The van der Waals surface area contributed by atoms with Crippen molar-refractivity contribution < 1.29 is 14.3 Å². The Balaban J connectivity index is 2.04. The molecule has 3 aromatic rings. The van der Waals surface area contributed by atoms with Crippen LogP contribution in [0.3, 0.4) is 0 Å². The van der Waals surface area contributed by atoms with E-state index in [-0.39, 0.29) is 5.91 Å². The third-order valence-electron chi connectivity index (χ3n) is 3.95. The van der Waals surface area contributed by atoms with E-state index in [0.29, 0.717) is 39.2 Å². The first kappa shape index (κ1) is 17.1. The number of carbonyl (C=O) groups is 1. The highest BCUT2D eigenvalue weighted by molar-refractivity contribution is 6.31. The number of ether oxygens (including phenoxy) is 2. The standard InChI is InChI=1S/C18H18ClN3O3/c1-10-8-13(15(25-4)9-12(10)19)21-18(23)16-11(2)20-17-14(24-3)6-5-7-22(16)17/h5-9H,1-4H3,(H,21,23). The molecule has 3 rings (SSSR count). The number of hydrogen-bond donors (Lipinski definition) is 1. The fourth-order valence-electron chi connectivity index (χ4n) is 2.70. The fraction of sp³-hybridized carbons (Fsp3) is 0.222. The average Bonchev–Trinajstić information content (AvgIpc) is 2.93. The number of fused-ring (bicyclic) bond motifs is 1. The highest BCUT2D eigenvalue weighted by Gasteiger charge is 2.20. The first-order valence-electron chi connectivity index (χ1n) is 7.63. The summed E-state index contributed by atoms with van der Waals surface area (Å²) in [5, 5.41) is 3.45. The maximum Gasteiger partial charge on any atom is 0.274 e. The Morgan fingerprint density at radius 1 is 1.20 bits per heavy atom. The Morgan fingerprint density at radius 2 is 1.92 bits per heavy atom. The molecule has 6 nitrogen and oxygen atoms in total. The Labute approximate surface area is 150 Å². The number of rotatable bonds is 4. The van der Waals surface area contributed by atoms with Gasteiger partial charge in [0.1, 0.15) is 11.4 Å². The quantitative estimate of drug-likeness (QED) is 0.767. The number of anilines is 1. The Bertz CT molecular complexity index is 966. The highest BCUT2D eigenvalue weighted by Crippen LogP contribution is 2.31. The van der Waals surface area contributed by atoms with Crippen LogP contribution in [-0.4, -0.2) is 29.5 Å². The van der Waals surface area contributed by atoms with Crippen LogP contribution < -0.4 is 14.8 Å². The van der Waals surface area contributed by atoms with E-state index < -0.39 is 0 Å². The summed E-state index contributed by atoms with van der Waals surface area (Å²) >= 11 is 6.12. The molecule has 0 radical (unpaired) electrons. The molecule has 0 aliphatic rings. The van der Waals surface area contributed by atoms with E-state index in [4.69, 9.17) is 21.1 Å². The first-order valence-corrected chi connectivity index (χ1v) is 8.01. The van der Waals surface area contributed by atoms with Gasteiger partial charge in [-0.25, -0.2) is 4.98 Å². The summed E-state index contributed by atoms with van der Waals surface area (Å²) in [7, 11) is 3.10. The number of amides is 1. The van der Waals surface area contributed by atoms with Gasteiger partial charge < -0.3 is 14.8 Å².